The van der Waals surface area contributed by atoms with E-state index in [4.69, 9.17) is 38.4 Å². The van der Waals surface area contributed by atoms with E-state index in [1.165, 1.54) is 20.9 Å². The molecule has 11 nitrogen and oxygen atoms in total. The summed E-state index contributed by atoms with van der Waals surface area (Å²) in [7, 11) is 1.64. The molecule has 1 amide bonds. The number of benzene rings is 2. The summed E-state index contributed by atoms with van der Waals surface area (Å²) in [4.78, 5) is 24.4. The molecule has 0 aliphatic carbocycles. The molecule has 0 spiro atoms. The molecule has 5 rings (SSSR count). The molecule has 1 atom stereocenters. The molecule has 1 aliphatic heterocycles. The van der Waals surface area contributed by atoms with Gasteiger partial charge in [0, 0.05) is 47.3 Å². The van der Waals surface area contributed by atoms with Gasteiger partial charge in [-0.25, -0.2) is 9.97 Å². The third kappa shape index (κ3) is 11.4. The van der Waals surface area contributed by atoms with Crippen LogP contribution in [0.4, 0.5) is 0 Å². The molecule has 1 aliphatic rings. The molecule has 0 saturated heterocycles. The standard InChI is InChI=1S/C38H50N4O7S/c1-27-8-9-32-31-24-35(34(44-3)25-33(31)42-28(2)41-32)49-23-22-48-21-20-47-19-18-46-17-16-45-15-14-40-38(43)12-13-39-26-29-6-4-5-7-30(29)37-11-10-36(27)50-37/h4-7,10-11,24-25,27,39H,8-9,12-23,26H2,1-3H3,(H,40,43). The highest BCUT2D eigenvalue weighted by atomic mass is 32.1. The number of rotatable bonds is 1. The lowest BCUT2D eigenvalue weighted by Crippen LogP contribution is -2.30. The zero-order valence-electron chi connectivity index (χ0n) is 29.5. The number of amides is 1. The number of carbonyl (C=O) groups is 1. The van der Waals surface area contributed by atoms with Crippen molar-refractivity contribution in [1.29, 1.82) is 0 Å². The van der Waals surface area contributed by atoms with Gasteiger partial charge in [0.15, 0.2) is 11.5 Å². The first kappa shape index (κ1) is 37.6. The summed E-state index contributed by atoms with van der Waals surface area (Å²) >= 11 is 1.84. The van der Waals surface area contributed by atoms with Gasteiger partial charge in [-0.1, -0.05) is 31.2 Å². The van der Waals surface area contributed by atoms with Gasteiger partial charge in [-0.2, -0.15) is 0 Å². The van der Waals surface area contributed by atoms with E-state index >= 15 is 0 Å². The summed E-state index contributed by atoms with van der Waals surface area (Å²) in [5.41, 5.74) is 4.26. The summed E-state index contributed by atoms with van der Waals surface area (Å²) < 4.78 is 34.2. The highest BCUT2D eigenvalue weighted by Gasteiger charge is 2.17. The van der Waals surface area contributed by atoms with Crippen molar-refractivity contribution in [2.75, 3.05) is 79.7 Å². The second kappa shape index (κ2) is 20.3. The van der Waals surface area contributed by atoms with Crippen molar-refractivity contribution in [2.24, 2.45) is 0 Å². The summed E-state index contributed by atoms with van der Waals surface area (Å²) in [6.07, 6.45) is 2.14. The van der Waals surface area contributed by atoms with Crippen molar-refractivity contribution in [3.8, 4) is 21.9 Å². The lowest BCUT2D eigenvalue weighted by molar-refractivity contribution is -0.121. The van der Waals surface area contributed by atoms with E-state index in [1.54, 1.807) is 7.11 Å². The number of nitrogens with one attached hydrogen (secondary N) is 2. The van der Waals surface area contributed by atoms with Crippen LogP contribution in [0.15, 0.2) is 48.5 Å². The quantitative estimate of drug-likeness (QED) is 0.264. The maximum absolute atomic E-state index is 12.3. The Bertz CT molecular complexity index is 1650. The van der Waals surface area contributed by atoms with Crippen LogP contribution in [0.25, 0.3) is 21.3 Å². The highest BCUT2D eigenvalue weighted by Crippen LogP contribution is 2.37. The number of aryl methyl sites for hydroxylation is 2. The number of methoxy groups -OCH3 is 1. The first-order valence-electron chi connectivity index (χ1n) is 17.5. The molecule has 50 heavy (non-hydrogen) atoms. The Morgan fingerprint density at radius 2 is 1.56 bits per heavy atom. The van der Waals surface area contributed by atoms with Crippen molar-refractivity contribution >= 4 is 28.1 Å². The number of hydrogen-bond donors (Lipinski definition) is 2. The highest BCUT2D eigenvalue weighted by molar-refractivity contribution is 7.15. The maximum atomic E-state index is 12.3. The molecule has 4 aromatic rings. The van der Waals surface area contributed by atoms with Crippen LogP contribution in [0.1, 0.15) is 47.6 Å². The molecule has 0 fully saturated rings. The summed E-state index contributed by atoms with van der Waals surface area (Å²) in [6, 6.07) is 16.9. The minimum absolute atomic E-state index is 0.00285. The van der Waals surface area contributed by atoms with Crippen molar-refractivity contribution in [2.45, 2.75) is 45.6 Å². The van der Waals surface area contributed by atoms with Crippen LogP contribution in [0.5, 0.6) is 11.5 Å². The first-order chi connectivity index (χ1) is 24.5. The summed E-state index contributed by atoms with van der Waals surface area (Å²) in [5, 5.41) is 7.33. The fraction of sp³-hybridized carbons (Fsp3) is 0.500. The van der Waals surface area contributed by atoms with E-state index in [2.05, 4.69) is 54.0 Å². The Labute approximate surface area is 299 Å². The number of ether oxygens (including phenoxy) is 6. The van der Waals surface area contributed by atoms with E-state index in [1.807, 2.05) is 30.4 Å². The number of nitrogens with zero attached hydrogens (tertiary/aromatic N) is 2. The van der Waals surface area contributed by atoms with Gasteiger partial charge in [0.1, 0.15) is 12.4 Å². The van der Waals surface area contributed by atoms with Crippen LogP contribution in [0.2, 0.25) is 0 Å². The van der Waals surface area contributed by atoms with Gasteiger partial charge in [-0.15, -0.1) is 11.3 Å². The second-order valence-electron chi connectivity index (χ2n) is 12.1. The SMILES string of the molecule is COc1cc2nc(C)nc3c2cc1OCCOCCOCCOCCOCCNC(=O)CCNCc1ccccc1-c1ccc(s1)C(C)CC3. The molecule has 270 valence electrons. The Hall–Kier alpha value is -3.65. The lowest BCUT2D eigenvalue weighted by atomic mass is 10.00. The fourth-order valence-electron chi connectivity index (χ4n) is 5.71. The largest absolute Gasteiger partial charge is 0.493 e. The molecule has 3 heterocycles. The van der Waals surface area contributed by atoms with Crippen molar-refractivity contribution < 1.29 is 33.2 Å². The number of hydrogen-bond acceptors (Lipinski definition) is 11. The zero-order chi connectivity index (χ0) is 35.0. The lowest BCUT2D eigenvalue weighted by Gasteiger charge is -2.15. The molecule has 4 bridgehead atoms. The van der Waals surface area contributed by atoms with Gasteiger partial charge in [-0.05, 0) is 55.0 Å². The Morgan fingerprint density at radius 1 is 0.840 bits per heavy atom. The summed E-state index contributed by atoms with van der Waals surface area (Å²) in [6.45, 7) is 9.97. The average Bonchev–Trinajstić information content (AvgIpc) is 3.62. The van der Waals surface area contributed by atoms with Gasteiger partial charge in [0.25, 0.3) is 0 Å². The first-order valence-corrected chi connectivity index (χ1v) is 18.3. The van der Waals surface area contributed by atoms with Gasteiger partial charge >= 0.3 is 0 Å². The second-order valence-corrected chi connectivity index (χ2v) is 13.2. The zero-order valence-corrected chi connectivity index (χ0v) is 30.3. The predicted octanol–water partition coefficient (Wildman–Crippen LogP) is 5.47. The van der Waals surface area contributed by atoms with Crippen LogP contribution < -0.4 is 20.1 Å². The van der Waals surface area contributed by atoms with Gasteiger partial charge in [0.2, 0.25) is 5.91 Å². The molecule has 12 heteroatoms. The normalized spacial score (nSPS) is 18.9. The Balaban J connectivity index is 1.27. The van der Waals surface area contributed by atoms with Crippen LogP contribution in [0, 0.1) is 6.92 Å². The molecule has 0 radical (unpaired) electrons. The molecular weight excluding hydrogens is 657 g/mol. The third-order valence-electron chi connectivity index (χ3n) is 8.40. The van der Waals surface area contributed by atoms with E-state index < -0.39 is 0 Å². The molecular formula is C38H50N4O7S. The molecule has 2 aromatic carbocycles. The number of thiophene rings is 1. The van der Waals surface area contributed by atoms with E-state index in [-0.39, 0.29) is 5.91 Å². The molecule has 2 N–H and O–H groups in total. The van der Waals surface area contributed by atoms with Crippen molar-refractivity contribution in [3.05, 3.63) is 70.5 Å². The van der Waals surface area contributed by atoms with Gasteiger partial charge < -0.3 is 39.1 Å². The molecule has 1 unspecified atom stereocenters. The predicted molar refractivity (Wildman–Crippen MR) is 195 cm³/mol. The van der Waals surface area contributed by atoms with E-state index in [0.717, 1.165) is 35.3 Å². The molecule has 2 aromatic heterocycles. The maximum Gasteiger partial charge on any atom is 0.221 e. The van der Waals surface area contributed by atoms with E-state index in [9.17, 15) is 4.79 Å². The Kier molecular flexibility index (Phi) is 15.2. The average molecular weight is 707 g/mol. The Morgan fingerprint density at radius 3 is 2.32 bits per heavy atom. The van der Waals surface area contributed by atoms with Crippen LogP contribution in [0.3, 0.4) is 0 Å². The topological polar surface area (TPSA) is 122 Å². The number of fused-ring (bicyclic) bond motifs is 5. The smallest absolute Gasteiger partial charge is 0.221 e. The van der Waals surface area contributed by atoms with Crippen molar-refractivity contribution in [3.63, 3.8) is 0 Å². The minimum Gasteiger partial charge on any atom is -0.493 e. The van der Waals surface area contributed by atoms with Crippen LogP contribution in [-0.4, -0.2) is 95.5 Å². The minimum atomic E-state index is 0.00285. The van der Waals surface area contributed by atoms with Gasteiger partial charge in [-0.3, -0.25) is 4.79 Å². The number of aromatic nitrogens is 2. The van der Waals surface area contributed by atoms with Crippen LogP contribution >= 0.6 is 11.3 Å². The van der Waals surface area contributed by atoms with Crippen molar-refractivity contribution in [1.82, 2.24) is 20.6 Å². The number of carbonyl (C=O) groups excluding carboxylic acids is 1. The monoisotopic (exact) mass is 706 g/mol. The third-order valence-corrected chi connectivity index (χ3v) is 9.75. The van der Waals surface area contributed by atoms with E-state index in [0.29, 0.717) is 103 Å². The molecule has 0 saturated carbocycles. The van der Waals surface area contributed by atoms with Gasteiger partial charge in [0.05, 0.1) is 71.2 Å². The van der Waals surface area contributed by atoms with Crippen LogP contribution in [-0.2, 0) is 36.7 Å². The summed E-state index contributed by atoms with van der Waals surface area (Å²) in [5.74, 6) is 2.35. The fourth-order valence-corrected chi connectivity index (χ4v) is 6.87.